The topological polar surface area (TPSA) is 12.0 Å². The highest BCUT2D eigenvalue weighted by atomic mass is 14.8. The first-order valence-corrected chi connectivity index (χ1v) is 5.21. The summed E-state index contributed by atoms with van der Waals surface area (Å²) in [6.45, 7) is 6.73. The molecule has 1 fully saturated rings. The van der Waals surface area contributed by atoms with E-state index in [1.807, 2.05) is 7.05 Å². The summed E-state index contributed by atoms with van der Waals surface area (Å²) in [5.41, 5.74) is 1.26. The minimum absolute atomic E-state index is 0.777. The second kappa shape index (κ2) is 4.50. The van der Waals surface area contributed by atoms with Gasteiger partial charge in [0.1, 0.15) is 0 Å². The Kier molecular flexibility index (Phi) is 3.58. The SMILES string of the molecule is C/C=C\C(=C/C1C(C)CC1C)NC. The number of nitrogens with one attached hydrogen (secondary N) is 1. The van der Waals surface area contributed by atoms with Crippen LogP contribution in [-0.2, 0) is 0 Å². The molecule has 1 saturated carbocycles. The van der Waals surface area contributed by atoms with Gasteiger partial charge < -0.3 is 5.32 Å². The molecule has 0 radical (unpaired) electrons. The predicted molar refractivity (Wildman–Crippen MR) is 58.4 cm³/mol. The molecule has 1 aliphatic rings. The van der Waals surface area contributed by atoms with Gasteiger partial charge in [-0.25, -0.2) is 0 Å². The maximum absolute atomic E-state index is 3.22. The molecule has 0 aromatic carbocycles. The summed E-state index contributed by atoms with van der Waals surface area (Å²) in [6.07, 6.45) is 7.97. The average molecular weight is 179 g/mol. The van der Waals surface area contributed by atoms with Gasteiger partial charge in [0.2, 0.25) is 0 Å². The lowest BCUT2D eigenvalue weighted by Crippen LogP contribution is -2.31. The van der Waals surface area contributed by atoms with Crippen LogP contribution in [-0.4, -0.2) is 7.05 Å². The molecule has 0 aromatic rings. The van der Waals surface area contributed by atoms with Crippen molar-refractivity contribution in [2.75, 3.05) is 7.05 Å². The number of hydrogen-bond acceptors (Lipinski definition) is 1. The van der Waals surface area contributed by atoms with E-state index in [1.54, 1.807) is 0 Å². The van der Waals surface area contributed by atoms with Crippen LogP contribution in [0.5, 0.6) is 0 Å². The molecule has 1 N–H and O–H groups in total. The van der Waals surface area contributed by atoms with Crippen LogP contribution in [0.3, 0.4) is 0 Å². The van der Waals surface area contributed by atoms with Crippen LogP contribution < -0.4 is 5.32 Å². The quantitative estimate of drug-likeness (QED) is 0.657. The molecule has 0 saturated heterocycles. The fourth-order valence-electron chi connectivity index (χ4n) is 2.20. The summed E-state index contributed by atoms with van der Waals surface area (Å²) in [6, 6.07) is 0. The molecule has 0 aliphatic heterocycles. The van der Waals surface area contributed by atoms with E-state index in [9.17, 15) is 0 Å². The first kappa shape index (κ1) is 10.4. The molecule has 13 heavy (non-hydrogen) atoms. The molecule has 0 amide bonds. The van der Waals surface area contributed by atoms with Crippen LogP contribution >= 0.6 is 0 Å². The van der Waals surface area contributed by atoms with Crippen LogP contribution in [0.25, 0.3) is 0 Å². The van der Waals surface area contributed by atoms with Crippen molar-refractivity contribution in [2.45, 2.75) is 27.2 Å². The Bertz CT molecular complexity index is 207. The molecule has 0 aromatic heterocycles. The van der Waals surface area contributed by atoms with Gasteiger partial charge >= 0.3 is 0 Å². The normalized spacial score (nSPS) is 34.8. The highest BCUT2D eigenvalue weighted by Crippen LogP contribution is 2.40. The Labute approximate surface area is 81.9 Å². The molecule has 1 heteroatoms. The summed E-state index contributed by atoms with van der Waals surface area (Å²) < 4.78 is 0. The second-order valence-electron chi connectivity index (χ2n) is 4.14. The Balaban J connectivity index is 2.61. The Hall–Kier alpha value is -0.720. The third kappa shape index (κ3) is 2.36. The van der Waals surface area contributed by atoms with Gasteiger partial charge in [0.05, 0.1) is 0 Å². The van der Waals surface area contributed by atoms with Crippen molar-refractivity contribution in [2.24, 2.45) is 17.8 Å². The molecule has 74 valence electrons. The van der Waals surface area contributed by atoms with E-state index in [-0.39, 0.29) is 0 Å². The highest BCUT2D eigenvalue weighted by Gasteiger charge is 2.32. The van der Waals surface area contributed by atoms with E-state index in [0.29, 0.717) is 0 Å². The Morgan fingerprint density at radius 1 is 1.31 bits per heavy atom. The number of allylic oxidation sites excluding steroid dienone is 3. The number of hydrogen-bond donors (Lipinski definition) is 1. The molecule has 2 unspecified atom stereocenters. The maximum atomic E-state index is 3.22. The summed E-state index contributed by atoms with van der Waals surface area (Å²) in [5.74, 6) is 2.51. The van der Waals surface area contributed by atoms with Gasteiger partial charge in [0.25, 0.3) is 0 Å². The number of rotatable bonds is 3. The van der Waals surface area contributed by atoms with Crippen molar-refractivity contribution >= 4 is 0 Å². The van der Waals surface area contributed by atoms with Crippen LogP contribution in [0.4, 0.5) is 0 Å². The summed E-state index contributed by atoms with van der Waals surface area (Å²) in [4.78, 5) is 0. The fraction of sp³-hybridized carbons (Fsp3) is 0.667. The zero-order valence-electron chi connectivity index (χ0n) is 9.17. The number of likely N-dealkylation sites (N-methyl/N-ethyl adjacent to an activating group) is 1. The van der Waals surface area contributed by atoms with Crippen molar-refractivity contribution in [3.05, 3.63) is 23.9 Å². The molecule has 2 atom stereocenters. The van der Waals surface area contributed by atoms with Crippen LogP contribution in [0.2, 0.25) is 0 Å². The minimum atomic E-state index is 0.777. The lowest BCUT2D eigenvalue weighted by atomic mass is 9.66. The molecule has 0 heterocycles. The lowest BCUT2D eigenvalue weighted by Gasteiger charge is -2.39. The summed E-state index contributed by atoms with van der Waals surface area (Å²) in [5, 5.41) is 3.22. The maximum Gasteiger partial charge on any atom is 0.0296 e. The molecular formula is C12H21N. The summed E-state index contributed by atoms with van der Waals surface area (Å²) in [7, 11) is 1.99. The molecule has 1 nitrogen and oxygen atoms in total. The highest BCUT2D eigenvalue weighted by molar-refractivity contribution is 5.18. The molecule has 0 bridgehead atoms. The Morgan fingerprint density at radius 2 is 1.92 bits per heavy atom. The van der Waals surface area contributed by atoms with Crippen LogP contribution in [0, 0.1) is 17.8 Å². The molecular weight excluding hydrogens is 158 g/mol. The van der Waals surface area contributed by atoms with Gasteiger partial charge in [0.15, 0.2) is 0 Å². The standard InChI is InChI=1S/C12H21N/c1-5-6-11(13-4)8-12-9(2)7-10(12)3/h5-6,8-10,12-13H,7H2,1-4H3/b6-5-,11-8+. The first-order chi connectivity index (χ1) is 6.19. The smallest absolute Gasteiger partial charge is 0.0296 e. The van der Waals surface area contributed by atoms with E-state index in [2.05, 4.69) is 44.3 Å². The van der Waals surface area contributed by atoms with Crippen LogP contribution in [0.15, 0.2) is 23.9 Å². The molecule has 1 rings (SSSR count). The third-order valence-corrected chi connectivity index (χ3v) is 3.06. The van der Waals surface area contributed by atoms with E-state index < -0.39 is 0 Å². The van der Waals surface area contributed by atoms with Gasteiger partial charge in [-0.3, -0.25) is 0 Å². The van der Waals surface area contributed by atoms with Gasteiger partial charge in [-0.05, 0) is 37.2 Å². The van der Waals surface area contributed by atoms with Gasteiger partial charge in [-0.15, -0.1) is 0 Å². The molecule has 1 aliphatic carbocycles. The van der Waals surface area contributed by atoms with Gasteiger partial charge in [0, 0.05) is 12.7 Å². The van der Waals surface area contributed by atoms with Gasteiger partial charge in [-0.2, -0.15) is 0 Å². The van der Waals surface area contributed by atoms with Crippen molar-refractivity contribution in [1.29, 1.82) is 0 Å². The predicted octanol–water partition coefficient (Wildman–Crippen LogP) is 2.96. The largest absolute Gasteiger partial charge is 0.388 e. The van der Waals surface area contributed by atoms with Crippen molar-refractivity contribution in [3.63, 3.8) is 0 Å². The van der Waals surface area contributed by atoms with E-state index in [4.69, 9.17) is 0 Å². The third-order valence-electron chi connectivity index (χ3n) is 3.06. The van der Waals surface area contributed by atoms with Crippen molar-refractivity contribution in [1.82, 2.24) is 5.32 Å². The zero-order valence-corrected chi connectivity index (χ0v) is 9.17. The van der Waals surface area contributed by atoms with E-state index >= 15 is 0 Å². The second-order valence-corrected chi connectivity index (χ2v) is 4.14. The van der Waals surface area contributed by atoms with Gasteiger partial charge in [-0.1, -0.05) is 26.0 Å². The van der Waals surface area contributed by atoms with E-state index in [1.165, 1.54) is 12.1 Å². The van der Waals surface area contributed by atoms with Crippen molar-refractivity contribution < 1.29 is 0 Å². The first-order valence-electron chi connectivity index (χ1n) is 5.21. The fourth-order valence-corrected chi connectivity index (χ4v) is 2.20. The molecule has 0 spiro atoms. The zero-order chi connectivity index (χ0) is 9.84. The summed E-state index contributed by atoms with van der Waals surface area (Å²) >= 11 is 0. The Morgan fingerprint density at radius 3 is 2.31 bits per heavy atom. The van der Waals surface area contributed by atoms with Crippen LogP contribution in [0.1, 0.15) is 27.2 Å². The lowest BCUT2D eigenvalue weighted by molar-refractivity contribution is 0.147. The minimum Gasteiger partial charge on any atom is -0.388 e. The average Bonchev–Trinajstić information content (AvgIpc) is 2.12. The van der Waals surface area contributed by atoms with E-state index in [0.717, 1.165) is 17.8 Å². The monoisotopic (exact) mass is 179 g/mol. The van der Waals surface area contributed by atoms with Crippen molar-refractivity contribution in [3.8, 4) is 0 Å².